The van der Waals surface area contributed by atoms with Crippen LogP contribution in [0.15, 0.2) is 24.3 Å². The van der Waals surface area contributed by atoms with Crippen molar-refractivity contribution in [3.8, 4) is 0 Å². The number of amides is 2. The van der Waals surface area contributed by atoms with Crippen molar-refractivity contribution in [2.75, 3.05) is 18.5 Å². The molecule has 1 aliphatic heterocycles. The molecular formula is C13H18ClN3O3. The molecule has 6 nitrogen and oxygen atoms in total. The average Bonchev–Trinajstić information content (AvgIpc) is 2.39. The summed E-state index contributed by atoms with van der Waals surface area (Å²) in [5, 5.41) is 5.85. The van der Waals surface area contributed by atoms with Crippen LogP contribution in [0, 0.1) is 0 Å². The van der Waals surface area contributed by atoms with Crippen molar-refractivity contribution in [2.24, 2.45) is 5.73 Å². The number of hydrogen-bond acceptors (Lipinski definition) is 4. The van der Waals surface area contributed by atoms with Crippen LogP contribution in [0.1, 0.15) is 17.3 Å². The van der Waals surface area contributed by atoms with E-state index in [9.17, 15) is 9.59 Å². The lowest BCUT2D eigenvalue weighted by atomic mass is 10.1. The van der Waals surface area contributed by atoms with Gasteiger partial charge in [-0.1, -0.05) is 6.07 Å². The first kappa shape index (κ1) is 16.4. The van der Waals surface area contributed by atoms with Gasteiger partial charge in [0.15, 0.2) is 0 Å². The maximum Gasteiger partial charge on any atom is 0.248 e. The Labute approximate surface area is 123 Å². The summed E-state index contributed by atoms with van der Waals surface area (Å²) in [7, 11) is 0. The first-order valence-corrected chi connectivity index (χ1v) is 6.13. The number of nitrogens with two attached hydrogens (primary N) is 1. The Kier molecular flexibility index (Phi) is 5.94. The molecule has 1 saturated heterocycles. The molecule has 0 unspecified atom stereocenters. The zero-order valence-electron chi connectivity index (χ0n) is 11.1. The number of primary amides is 1. The quantitative estimate of drug-likeness (QED) is 0.758. The molecule has 0 aliphatic carbocycles. The SMILES string of the molecule is C[C@H]1OCCN[C@@H]1C(=O)Nc1cccc(C(N)=O)c1.Cl. The summed E-state index contributed by atoms with van der Waals surface area (Å²) in [6.45, 7) is 3.09. The summed E-state index contributed by atoms with van der Waals surface area (Å²) in [6, 6.07) is 6.13. The average molecular weight is 300 g/mol. The number of carbonyl (C=O) groups is 2. The lowest BCUT2D eigenvalue weighted by Gasteiger charge is -2.29. The molecule has 0 saturated carbocycles. The fraction of sp³-hybridized carbons (Fsp3) is 0.385. The van der Waals surface area contributed by atoms with E-state index in [1.807, 2.05) is 6.92 Å². The van der Waals surface area contributed by atoms with E-state index in [-0.39, 0.29) is 24.4 Å². The van der Waals surface area contributed by atoms with Gasteiger partial charge in [-0.25, -0.2) is 0 Å². The van der Waals surface area contributed by atoms with Crippen molar-refractivity contribution in [2.45, 2.75) is 19.1 Å². The molecule has 1 aliphatic rings. The van der Waals surface area contributed by atoms with E-state index in [0.29, 0.717) is 24.4 Å². The fourth-order valence-corrected chi connectivity index (χ4v) is 2.00. The van der Waals surface area contributed by atoms with Gasteiger partial charge in [0.2, 0.25) is 11.8 Å². The molecule has 0 radical (unpaired) electrons. The smallest absolute Gasteiger partial charge is 0.248 e. The molecule has 110 valence electrons. The molecule has 2 amide bonds. The van der Waals surface area contributed by atoms with Crippen molar-refractivity contribution in [1.29, 1.82) is 0 Å². The number of rotatable bonds is 3. The second kappa shape index (κ2) is 7.23. The number of halogens is 1. The standard InChI is InChI=1S/C13H17N3O3.ClH/c1-8-11(15-5-6-19-8)13(18)16-10-4-2-3-9(7-10)12(14)17;/h2-4,7-8,11,15H,5-6H2,1H3,(H2,14,17)(H,16,18);1H/t8-,11+;/m1./s1. The molecule has 0 bridgehead atoms. The molecular weight excluding hydrogens is 282 g/mol. The number of anilines is 1. The zero-order chi connectivity index (χ0) is 13.8. The monoisotopic (exact) mass is 299 g/mol. The Morgan fingerprint density at radius 2 is 2.20 bits per heavy atom. The highest BCUT2D eigenvalue weighted by Crippen LogP contribution is 2.12. The van der Waals surface area contributed by atoms with Gasteiger partial charge in [-0.05, 0) is 25.1 Å². The molecule has 0 spiro atoms. The van der Waals surface area contributed by atoms with Gasteiger partial charge in [-0.15, -0.1) is 12.4 Å². The summed E-state index contributed by atoms with van der Waals surface area (Å²) in [5.41, 5.74) is 6.10. The minimum absolute atomic E-state index is 0. The number of nitrogens with one attached hydrogen (secondary N) is 2. The maximum atomic E-state index is 12.1. The topological polar surface area (TPSA) is 93.4 Å². The summed E-state index contributed by atoms with van der Waals surface area (Å²) in [6.07, 6.45) is -0.187. The summed E-state index contributed by atoms with van der Waals surface area (Å²) in [4.78, 5) is 23.2. The third-order valence-corrected chi connectivity index (χ3v) is 3.01. The molecule has 1 heterocycles. The van der Waals surface area contributed by atoms with Crippen LogP contribution in [-0.4, -0.2) is 37.1 Å². The van der Waals surface area contributed by atoms with E-state index in [1.165, 1.54) is 0 Å². The van der Waals surface area contributed by atoms with Gasteiger partial charge < -0.3 is 21.1 Å². The van der Waals surface area contributed by atoms with Gasteiger partial charge in [0.25, 0.3) is 0 Å². The first-order valence-electron chi connectivity index (χ1n) is 6.13. The van der Waals surface area contributed by atoms with E-state index in [4.69, 9.17) is 10.5 Å². The normalized spacial score (nSPS) is 21.6. The lowest BCUT2D eigenvalue weighted by molar-refractivity contribution is -0.123. The molecule has 1 aromatic rings. The van der Waals surface area contributed by atoms with Crippen LogP contribution >= 0.6 is 12.4 Å². The number of carbonyl (C=O) groups excluding carboxylic acids is 2. The van der Waals surface area contributed by atoms with Crippen LogP contribution in [0.3, 0.4) is 0 Å². The van der Waals surface area contributed by atoms with Crippen LogP contribution < -0.4 is 16.4 Å². The Bertz CT molecular complexity index is 496. The fourth-order valence-electron chi connectivity index (χ4n) is 2.00. The Morgan fingerprint density at radius 3 is 2.85 bits per heavy atom. The highest BCUT2D eigenvalue weighted by Gasteiger charge is 2.28. The van der Waals surface area contributed by atoms with Gasteiger partial charge in [0.05, 0.1) is 12.7 Å². The Balaban J connectivity index is 0.00000200. The first-order chi connectivity index (χ1) is 9.08. The van der Waals surface area contributed by atoms with Gasteiger partial charge in [0, 0.05) is 17.8 Å². The summed E-state index contributed by atoms with van der Waals surface area (Å²) in [5.74, 6) is -0.711. The predicted molar refractivity (Wildman–Crippen MR) is 78.0 cm³/mol. The van der Waals surface area contributed by atoms with Gasteiger partial charge in [-0.3, -0.25) is 9.59 Å². The van der Waals surface area contributed by atoms with Gasteiger partial charge in [-0.2, -0.15) is 0 Å². The van der Waals surface area contributed by atoms with Crippen molar-refractivity contribution in [3.63, 3.8) is 0 Å². The van der Waals surface area contributed by atoms with Crippen molar-refractivity contribution in [3.05, 3.63) is 29.8 Å². The molecule has 2 atom stereocenters. The van der Waals surface area contributed by atoms with Crippen LogP contribution in [0.2, 0.25) is 0 Å². The molecule has 2 rings (SSSR count). The van der Waals surface area contributed by atoms with E-state index in [1.54, 1.807) is 24.3 Å². The van der Waals surface area contributed by atoms with Crippen LogP contribution in [0.4, 0.5) is 5.69 Å². The van der Waals surface area contributed by atoms with Crippen LogP contribution in [0.5, 0.6) is 0 Å². The molecule has 20 heavy (non-hydrogen) atoms. The van der Waals surface area contributed by atoms with Crippen LogP contribution in [-0.2, 0) is 9.53 Å². The third-order valence-electron chi connectivity index (χ3n) is 3.01. The second-order valence-electron chi connectivity index (χ2n) is 4.44. The van der Waals surface area contributed by atoms with E-state index < -0.39 is 11.9 Å². The van der Waals surface area contributed by atoms with E-state index in [0.717, 1.165) is 0 Å². The molecule has 0 aromatic heterocycles. The third kappa shape index (κ3) is 3.93. The number of benzene rings is 1. The Morgan fingerprint density at radius 1 is 1.45 bits per heavy atom. The second-order valence-corrected chi connectivity index (χ2v) is 4.44. The largest absolute Gasteiger partial charge is 0.375 e. The van der Waals surface area contributed by atoms with Gasteiger partial charge in [0.1, 0.15) is 6.04 Å². The summed E-state index contributed by atoms with van der Waals surface area (Å²) < 4.78 is 5.41. The van der Waals surface area contributed by atoms with E-state index >= 15 is 0 Å². The van der Waals surface area contributed by atoms with Crippen molar-refractivity contribution in [1.82, 2.24) is 5.32 Å². The zero-order valence-corrected chi connectivity index (χ0v) is 11.9. The maximum absolute atomic E-state index is 12.1. The summed E-state index contributed by atoms with van der Waals surface area (Å²) >= 11 is 0. The number of hydrogen-bond donors (Lipinski definition) is 3. The van der Waals surface area contributed by atoms with Crippen molar-refractivity contribution < 1.29 is 14.3 Å². The highest BCUT2D eigenvalue weighted by molar-refractivity contribution is 5.98. The molecule has 1 aromatic carbocycles. The minimum atomic E-state index is -0.524. The number of morpholine rings is 1. The van der Waals surface area contributed by atoms with Gasteiger partial charge >= 0.3 is 0 Å². The molecule has 7 heteroatoms. The van der Waals surface area contributed by atoms with E-state index in [2.05, 4.69) is 10.6 Å². The number of ether oxygens (including phenoxy) is 1. The predicted octanol–water partition coefficient (Wildman–Crippen LogP) is 0.523. The van der Waals surface area contributed by atoms with Crippen molar-refractivity contribution >= 4 is 29.9 Å². The Hall–Kier alpha value is -1.63. The molecule has 4 N–H and O–H groups in total. The van der Waals surface area contributed by atoms with Crippen LogP contribution in [0.25, 0.3) is 0 Å². The highest BCUT2D eigenvalue weighted by atomic mass is 35.5. The lowest BCUT2D eigenvalue weighted by Crippen LogP contribution is -2.53. The minimum Gasteiger partial charge on any atom is -0.375 e. The molecule has 1 fully saturated rings.